The fourth-order valence-electron chi connectivity index (χ4n) is 2.05. The second kappa shape index (κ2) is 8.00. The van der Waals surface area contributed by atoms with E-state index in [0.29, 0.717) is 11.6 Å². The molecule has 5 nitrogen and oxygen atoms in total. The number of carboxylic acids is 1. The Morgan fingerprint density at radius 2 is 1.95 bits per heavy atom. The summed E-state index contributed by atoms with van der Waals surface area (Å²) in [7, 11) is 1.72. The molecule has 21 heavy (non-hydrogen) atoms. The molecule has 1 aromatic carbocycles. The van der Waals surface area contributed by atoms with E-state index in [0.717, 1.165) is 5.56 Å². The van der Waals surface area contributed by atoms with Gasteiger partial charge in [-0.2, -0.15) is 0 Å². The van der Waals surface area contributed by atoms with Crippen molar-refractivity contribution in [3.8, 4) is 0 Å². The van der Waals surface area contributed by atoms with E-state index >= 15 is 0 Å². The maximum Gasteiger partial charge on any atom is 0.307 e. The number of hydrogen-bond acceptors (Lipinski definition) is 3. The molecule has 1 aromatic rings. The first-order valence-corrected chi connectivity index (χ1v) is 7.14. The molecule has 0 saturated carbocycles. The van der Waals surface area contributed by atoms with Crippen molar-refractivity contribution in [1.29, 1.82) is 0 Å². The Morgan fingerprint density at radius 1 is 1.33 bits per heavy atom. The minimum Gasteiger partial charge on any atom is -0.481 e. The Hall–Kier alpha value is -1.59. The van der Waals surface area contributed by atoms with Crippen LogP contribution in [0.1, 0.15) is 25.5 Å². The monoisotopic (exact) mass is 312 g/mol. The van der Waals surface area contributed by atoms with Crippen LogP contribution in [0, 0.1) is 5.92 Å². The summed E-state index contributed by atoms with van der Waals surface area (Å²) in [6.45, 7) is 3.94. The highest BCUT2D eigenvalue weighted by Crippen LogP contribution is 2.21. The molecule has 0 heterocycles. The number of benzene rings is 1. The molecular formula is C15H21ClN2O3. The van der Waals surface area contributed by atoms with Gasteiger partial charge in [-0.1, -0.05) is 36.7 Å². The van der Waals surface area contributed by atoms with Gasteiger partial charge in [-0.3, -0.25) is 14.5 Å². The molecule has 0 aliphatic rings. The van der Waals surface area contributed by atoms with Crippen LogP contribution in [0.5, 0.6) is 0 Å². The molecule has 2 atom stereocenters. The van der Waals surface area contributed by atoms with Crippen molar-refractivity contribution in [1.82, 2.24) is 10.2 Å². The van der Waals surface area contributed by atoms with E-state index in [4.69, 9.17) is 16.7 Å². The van der Waals surface area contributed by atoms with Crippen molar-refractivity contribution in [3.63, 3.8) is 0 Å². The highest BCUT2D eigenvalue weighted by Gasteiger charge is 2.17. The van der Waals surface area contributed by atoms with Gasteiger partial charge in [0.2, 0.25) is 5.91 Å². The number of nitrogens with one attached hydrogen (secondary N) is 1. The molecular weight excluding hydrogens is 292 g/mol. The van der Waals surface area contributed by atoms with Crippen molar-refractivity contribution < 1.29 is 14.7 Å². The SMILES string of the molecule is CC(CN(C)CC(=O)NC(C)c1ccccc1Cl)C(=O)O. The van der Waals surface area contributed by atoms with E-state index in [1.54, 1.807) is 24.9 Å². The van der Waals surface area contributed by atoms with Crippen LogP contribution in [0.25, 0.3) is 0 Å². The van der Waals surface area contributed by atoms with Crippen molar-refractivity contribution in [2.45, 2.75) is 19.9 Å². The van der Waals surface area contributed by atoms with Crippen LogP contribution in [-0.4, -0.2) is 42.0 Å². The van der Waals surface area contributed by atoms with Gasteiger partial charge in [-0.15, -0.1) is 0 Å². The van der Waals surface area contributed by atoms with Gasteiger partial charge in [-0.05, 0) is 25.6 Å². The summed E-state index contributed by atoms with van der Waals surface area (Å²) in [5.41, 5.74) is 0.856. The van der Waals surface area contributed by atoms with Crippen LogP contribution < -0.4 is 5.32 Å². The molecule has 0 fully saturated rings. The van der Waals surface area contributed by atoms with Gasteiger partial charge in [0.1, 0.15) is 0 Å². The third-order valence-corrected chi connectivity index (χ3v) is 3.51. The van der Waals surface area contributed by atoms with Crippen molar-refractivity contribution in [2.24, 2.45) is 5.92 Å². The summed E-state index contributed by atoms with van der Waals surface area (Å²) < 4.78 is 0. The van der Waals surface area contributed by atoms with Crippen LogP contribution in [-0.2, 0) is 9.59 Å². The molecule has 0 aliphatic heterocycles. The third-order valence-electron chi connectivity index (χ3n) is 3.17. The van der Waals surface area contributed by atoms with Gasteiger partial charge in [-0.25, -0.2) is 0 Å². The van der Waals surface area contributed by atoms with Crippen LogP contribution in [0.2, 0.25) is 5.02 Å². The van der Waals surface area contributed by atoms with Gasteiger partial charge in [0.15, 0.2) is 0 Å². The first-order valence-electron chi connectivity index (χ1n) is 6.76. The lowest BCUT2D eigenvalue weighted by molar-refractivity contribution is -0.142. The summed E-state index contributed by atoms with van der Waals surface area (Å²) in [6.07, 6.45) is 0. The van der Waals surface area contributed by atoms with E-state index in [9.17, 15) is 9.59 Å². The number of nitrogens with zero attached hydrogens (tertiary/aromatic N) is 1. The maximum absolute atomic E-state index is 12.0. The number of carboxylic acid groups (broad SMARTS) is 1. The predicted octanol–water partition coefficient (Wildman–Crippen LogP) is 2.17. The minimum absolute atomic E-state index is 0.145. The molecule has 0 saturated heterocycles. The molecule has 6 heteroatoms. The van der Waals surface area contributed by atoms with Gasteiger partial charge in [0.05, 0.1) is 18.5 Å². The van der Waals surface area contributed by atoms with Crippen LogP contribution in [0.3, 0.4) is 0 Å². The Kier molecular flexibility index (Phi) is 6.65. The first kappa shape index (κ1) is 17.5. The molecule has 0 spiro atoms. The third kappa shape index (κ3) is 5.73. The highest BCUT2D eigenvalue weighted by molar-refractivity contribution is 6.31. The van der Waals surface area contributed by atoms with Gasteiger partial charge in [0.25, 0.3) is 0 Å². The fraction of sp³-hybridized carbons (Fsp3) is 0.467. The zero-order valence-electron chi connectivity index (χ0n) is 12.5. The summed E-state index contributed by atoms with van der Waals surface area (Å²) in [5.74, 6) is -1.54. The fourth-order valence-corrected chi connectivity index (χ4v) is 2.35. The van der Waals surface area contributed by atoms with Gasteiger partial charge in [0, 0.05) is 11.6 Å². The Balaban J connectivity index is 2.50. The Labute approximate surface area is 129 Å². The van der Waals surface area contributed by atoms with E-state index in [2.05, 4.69) is 5.32 Å². The molecule has 1 amide bonds. The summed E-state index contributed by atoms with van der Waals surface area (Å²) in [4.78, 5) is 24.4. The Bertz CT molecular complexity index is 507. The van der Waals surface area contributed by atoms with Crippen molar-refractivity contribution in [3.05, 3.63) is 34.9 Å². The topological polar surface area (TPSA) is 69.6 Å². The molecule has 0 aromatic heterocycles. The lowest BCUT2D eigenvalue weighted by Crippen LogP contribution is -2.39. The first-order chi connectivity index (χ1) is 9.81. The van der Waals surface area contributed by atoms with Gasteiger partial charge < -0.3 is 10.4 Å². The second-order valence-electron chi connectivity index (χ2n) is 5.25. The minimum atomic E-state index is -0.869. The number of halogens is 1. The number of rotatable bonds is 7. The zero-order valence-corrected chi connectivity index (χ0v) is 13.2. The quantitative estimate of drug-likeness (QED) is 0.809. The average Bonchev–Trinajstić information content (AvgIpc) is 2.38. The smallest absolute Gasteiger partial charge is 0.307 e. The number of carbonyl (C=O) groups is 2. The number of likely N-dealkylation sites (N-methyl/N-ethyl adjacent to an activating group) is 1. The zero-order chi connectivity index (χ0) is 16.0. The van der Waals surface area contributed by atoms with Crippen molar-refractivity contribution in [2.75, 3.05) is 20.1 Å². The average molecular weight is 313 g/mol. The molecule has 2 N–H and O–H groups in total. The normalized spacial score (nSPS) is 13.8. The number of hydrogen-bond donors (Lipinski definition) is 2. The van der Waals surface area contributed by atoms with E-state index in [1.807, 2.05) is 25.1 Å². The summed E-state index contributed by atoms with van der Waals surface area (Å²) in [6, 6.07) is 7.15. The molecule has 116 valence electrons. The molecule has 1 rings (SSSR count). The van der Waals surface area contributed by atoms with E-state index in [1.165, 1.54) is 0 Å². The van der Waals surface area contributed by atoms with Crippen LogP contribution in [0.15, 0.2) is 24.3 Å². The number of aliphatic carboxylic acids is 1. The maximum atomic E-state index is 12.0. The molecule has 0 aliphatic carbocycles. The van der Waals surface area contributed by atoms with Crippen LogP contribution in [0.4, 0.5) is 0 Å². The highest BCUT2D eigenvalue weighted by atomic mass is 35.5. The Morgan fingerprint density at radius 3 is 2.52 bits per heavy atom. The van der Waals surface area contributed by atoms with Crippen LogP contribution >= 0.6 is 11.6 Å². The number of amides is 1. The lowest BCUT2D eigenvalue weighted by Gasteiger charge is -2.21. The summed E-state index contributed by atoms with van der Waals surface area (Å²) >= 11 is 6.08. The van der Waals surface area contributed by atoms with Gasteiger partial charge >= 0.3 is 5.97 Å². The largest absolute Gasteiger partial charge is 0.481 e. The molecule has 0 bridgehead atoms. The predicted molar refractivity (Wildman–Crippen MR) is 82.3 cm³/mol. The molecule has 0 radical (unpaired) electrons. The van der Waals surface area contributed by atoms with E-state index < -0.39 is 11.9 Å². The lowest BCUT2D eigenvalue weighted by atomic mass is 10.1. The standard InChI is InChI=1S/C15H21ClN2O3/c1-10(15(20)21)8-18(3)9-14(19)17-11(2)12-6-4-5-7-13(12)16/h4-7,10-11H,8-9H2,1-3H3,(H,17,19)(H,20,21). The van der Waals surface area contributed by atoms with E-state index in [-0.39, 0.29) is 18.5 Å². The summed E-state index contributed by atoms with van der Waals surface area (Å²) in [5, 5.41) is 12.3. The number of carbonyl (C=O) groups excluding carboxylic acids is 1. The molecule has 2 unspecified atom stereocenters. The second-order valence-corrected chi connectivity index (χ2v) is 5.65. The van der Waals surface area contributed by atoms with Crippen molar-refractivity contribution >= 4 is 23.5 Å².